The number of benzene rings is 1. The van der Waals surface area contributed by atoms with Crippen molar-refractivity contribution in [2.45, 2.75) is 80.8 Å². The third-order valence-corrected chi connectivity index (χ3v) is 9.48. The number of amides is 3. The minimum absolute atomic E-state index is 0.111. The first-order valence-corrected chi connectivity index (χ1v) is 15.7. The SMILES string of the molecule is C=CCCC(=O)NC[C@@H](C)OC(=O)[C@H]1[C@@H]2O[C@@]3(CC2Br)[C@@H]1C(=O)N([C@H](CO)c1ccccc1)[C@@H]3C(=O)N(CC=C)C(C)C. The lowest BCUT2D eigenvalue weighted by molar-refractivity contribution is -0.160. The second kappa shape index (κ2) is 13.7. The predicted molar refractivity (Wildman–Crippen MR) is 164 cm³/mol. The highest BCUT2D eigenvalue weighted by atomic mass is 79.9. The molecule has 3 fully saturated rings. The van der Waals surface area contributed by atoms with Gasteiger partial charge in [0, 0.05) is 23.8 Å². The summed E-state index contributed by atoms with van der Waals surface area (Å²) in [5.41, 5.74) is -0.646. The second-order valence-electron chi connectivity index (χ2n) is 11.8. The van der Waals surface area contributed by atoms with Crippen molar-refractivity contribution in [3.8, 4) is 0 Å². The van der Waals surface area contributed by atoms with Crippen LogP contribution < -0.4 is 5.32 Å². The Balaban J connectivity index is 1.70. The minimum atomic E-state index is -1.31. The van der Waals surface area contributed by atoms with Crippen LogP contribution in [0.4, 0.5) is 0 Å². The van der Waals surface area contributed by atoms with E-state index >= 15 is 0 Å². The van der Waals surface area contributed by atoms with Crippen molar-refractivity contribution >= 4 is 39.6 Å². The van der Waals surface area contributed by atoms with Gasteiger partial charge in [0.05, 0.1) is 37.1 Å². The van der Waals surface area contributed by atoms with E-state index in [9.17, 15) is 24.3 Å². The average molecular weight is 661 g/mol. The topological polar surface area (TPSA) is 125 Å². The summed E-state index contributed by atoms with van der Waals surface area (Å²) in [6.07, 6.45) is 3.08. The van der Waals surface area contributed by atoms with Gasteiger partial charge in [-0.3, -0.25) is 19.2 Å². The van der Waals surface area contributed by atoms with Crippen LogP contribution in [0.1, 0.15) is 51.6 Å². The molecule has 3 saturated heterocycles. The molecule has 8 atom stereocenters. The molecule has 1 aromatic carbocycles. The van der Waals surface area contributed by atoms with Crippen LogP contribution in [0.5, 0.6) is 0 Å². The normalized spacial score (nSPS) is 28.7. The van der Waals surface area contributed by atoms with Crippen molar-refractivity contribution in [2.75, 3.05) is 19.7 Å². The number of halogens is 1. The van der Waals surface area contributed by atoms with E-state index in [4.69, 9.17) is 9.47 Å². The number of carbonyl (C=O) groups is 4. The second-order valence-corrected chi connectivity index (χ2v) is 12.9. The number of hydrogen-bond donors (Lipinski definition) is 2. The number of alkyl halides is 1. The van der Waals surface area contributed by atoms with E-state index in [2.05, 4.69) is 34.4 Å². The van der Waals surface area contributed by atoms with Gasteiger partial charge < -0.3 is 29.7 Å². The zero-order valence-electron chi connectivity index (χ0n) is 25.0. The highest BCUT2D eigenvalue weighted by Gasteiger charge is 2.77. The van der Waals surface area contributed by atoms with E-state index in [0.29, 0.717) is 18.4 Å². The fourth-order valence-electron chi connectivity index (χ4n) is 6.73. The molecule has 234 valence electrons. The molecule has 43 heavy (non-hydrogen) atoms. The maximum absolute atomic E-state index is 14.5. The molecule has 0 aromatic heterocycles. The summed E-state index contributed by atoms with van der Waals surface area (Å²) in [6, 6.07) is 6.92. The summed E-state index contributed by atoms with van der Waals surface area (Å²) in [5, 5.41) is 13.4. The molecule has 10 nitrogen and oxygen atoms in total. The van der Waals surface area contributed by atoms with Gasteiger partial charge in [-0.1, -0.05) is 58.4 Å². The van der Waals surface area contributed by atoms with E-state index in [-0.39, 0.29) is 42.2 Å². The van der Waals surface area contributed by atoms with Crippen LogP contribution in [-0.4, -0.2) is 93.0 Å². The third kappa shape index (κ3) is 6.17. The number of hydrogen-bond acceptors (Lipinski definition) is 7. The first-order chi connectivity index (χ1) is 20.5. The number of rotatable bonds is 14. The molecule has 2 N–H and O–H groups in total. The lowest BCUT2D eigenvalue weighted by Gasteiger charge is -2.40. The molecule has 1 spiro atoms. The zero-order chi connectivity index (χ0) is 31.5. The van der Waals surface area contributed by atoms with Gasteiger partial charge in [-0.25, -0.2) is 0 Å². The molecule has 2 bridgehead atoms. The Hall–Kier alpha value is -3.02. The molecule has 3 amide bonds. The fourth-order valence-corrected chi connectivity index (χ4v) is 7.67. The maximum atomic E-state index is 14.5. The van der Waals surface area contributed by atoms with Crippen LogP contribution in [0.15, 0.2) is 55.6 Å². The van der Waals surface area contributed by atoms with Gasteiger partial charge in [0.15, 0.2) is 0 Å². The van der Waals surface area contributed by atoms with Crippen LogP contribution in [0, 0.1) is 11.8 Å². The van der Waals surface area contributed by atoms with E-state index in [1.165, 1.54) is 4.90 Å². The fraction of sp³-hybridized carbons (Fsp3) is 0.562. The van der Waals surface area contributed by atoms with Crippen LogP contribution in [0.3, 0.4) is 0 Å². The zero-order valence-corrected chi connectivity index (χ0v) is 26.6. The van der Waals surface area contributed by atoms with Crippen LogP contribution in [0.25, 0.3) is 0 Å². The number of ether oxygens (including phenoxy) is 2. The number of aliphatic hydroxyl groups excluding tert-OH is 1. The summed E-state index contributed by atoms with van der Waals surface area (Å²) in [4.78, 5) is 57.5. The van der Waals surface area contributed by atoms with Gasteiger partial charge in [0.2, 0.25) is 17.7 Å². The van der Waals surface area contributed by atoms with Gasteiger partial charge >= 0.3 is 5.97 Å². The third-order valence-electron chi connectivity index (χ3n) is 8.64. The molecule has 3 heterocycles. The minimum Gasteiger partial charge on any atom is -0.460 e. The molecule has 11 heteroatoms. The van der Waals surface area contributed by atoms with E-state index in [1.807, 2.05) is 19.9 Å². The van der Waals surface area contributed by atoms with E-state index < -0.39 is 60.2 Å². The van der Waals surface area contributed by atoms with Gasteiger partial charge in [-0.05, 0) is 39.2 Å². The Morgan fingerprint density at radius 2 is 1.93 bits per heavy atom. The monoisotopic (exact) mass is 659 g/mol. The highest BCUT2D eigenvalue weighted by molar-refractivity contribution is 9.09. The standard InChI is InChI=1S/C32H42BrN3O7/c1-6-8-14-24(38)34-17-20(5)42-31(41)25-26-29(39)36(23(18-37)21-12-10-9-11-13-21)28(30(40)35(15-7-2)19(3)4)32(26)16-22(33)27(25)43-32/h6-7,9-13,19-20,22-23,25-28,37H,1-2,8,14-18H2,3-5H3,(H,34,38)/t20-,22?,23-,25-,26+,27-,28-,32+/m1/s1. The Labute approximate surface area is 261 Å². The van der Waals surface area contributed by atoms with Gasteiger partial charge in [0.1, 0.15) is 17.7 Å². The van der Waals surface area contributed by atoms with Crippen LogP contribution >= 0.6 is 15.9 Å². The van der Waals surface area contributed by atoms with E-state index in [1.54, 1.807) is 48.2 Å². The highest BCUT2D eigenvalue weighted by Crippen LogP contribution is 2.61. The molecule has 1 unspecified atom stereocenters. The summed E-state index contributed by atoms with van der Waals surface area (Å²) < 4.78 is 12.3. The first-order valence-electron chi connectivity index (χ1n) is 14.8. The van der Waals surface area contributed by atoms with Crippen molar-refractivity contribution < 1.29 is 33.8 Å². The number of nitrogens with one attached hydrogen (secondary N) is 1. The largest absolute Gasteiger partial charge is 0.460 e. The van der Waals surface area contributed by atoms with Crippen LogP contribution in [-0.2, 0) is 28.7 Å². The number of carbonyl (C=O) groups excluding carboxylic acids is 4. The molecule has 4 rings (SSSR count). The molecule has 0 saturated carbocycles. The molecular formula is C32H42BrN3O7. The Morgan fingerprint density at radius 3 is 2.53 bits per heavy atom. The number of likely N-dealkylation sites (tertiary alicyclic amines) is 1. The van der Waals surface area contributed by atoms with Crippen LogP contribution in [0.2, 0.25) is 0 Å². The molecule has 0 aliphatic carbocycles. The molecule has 0 radical (unpaired) electrons. The average Bonchev–Trinajstić information content (AvgIpc) is 3.57. The molecular weight excluding hydrogens is 618 g/mol. The Morgan fingerprint density at radius 1 is 1.23 bits per heavy atom. The molecule has 3 aliphatic rings. The number of nitrogens with zero attached hydrogens (tertiary/aromatic N) is 2. The summed E-state index contributed by atoms with van der Waals surface area (Å²) in [5.74, 6) is -3.53. The van der Waals surface area contributed by atoms with Crippen molar-refractivity contribution in [3.63, 3.8) is 0 Å². The summed E-state index contributed by atoms with van der Waals surface area (Å²) in [6.45, 7) is 12.8. The maximum Gasteiger partial charge on any atom is 0.312 e. The van der Waals surface area contributed by atoms with Crippen molar-refractivity contribution in [3.05, 3.63) is 61.2 Å². The lowest BCUT2D eigenvalue weighted by Crippen LogP contribution is -2.58. The van der Waals surface area contributed by atoms with Gasteiger partial charge in [0.25, 0.3) is 0 Å². The number of aliphatic hydroxyl groups is 1. The van der Waals surface area contributed by atoms with Crippen molar-refractivity contribution in [1.29, 1.82) is 0 Å². The quantitative estimate of drug-likeness (QED) is 0.179. The first kappa shape index (κ1) is 32.9. The van der Waals surface area contributed by atoms with Crippen molar-refractivity contribution in [1.82, 2.24) is 15.1 Å². The van der Waals surface area contributed by atoms with Crippen molar-refractivity contribution in [2.24, 2.45) is 11.8 Å². The Kier molecular flexibility index (Phi) is 10.5. The predicted octanol–water partition coefficient (Wildman–Crippen LogP) is 2.91. The number of allylic oxidation sites excluding steroid dienone is 1. The Bertz CT molecular complexity index is 1230. The number of esters is 1. The van der Waals surface area contributed by atoms with Gasteiger partial charge in [-0.2, -0.15) is 0 Å². The lowest BCUT2D eigenvalue weighted by atomic mass is 9.70. The smallest absolute Gasteiger partial charge is 0.312 e. The molecule has 1 aromatic rings. The molecule has 3 aliphatic heterocycles. The number of fused-ring (bicyclic) bond motifs is 1. The summed E-state index contributed by atoms with van der Waals surface area (Å²) >= 11 is 3.67. The van der Waals surface area contributed by atoms with E-state index in [0.717, 1.165) is 0 Å². The van der Waals surface area contributed by atoms with Gasteiger partial charge in [-0.15, -0.1) is 13.2 Å². The summed E-state index contributed by atoms with van der Waals surface area (Å²) in [7, 11) is 0.